The predicted octanol–water partition coefficient (Wildman–Crippen LogP) is 3.27. The van der Waals surface area contributed by atoms with Gasteiger partial charge in [-0.1, -0.05) is 13.8 Å². The van der Waals surface area contributed by atoms with E-state index in [2.05, 4.69) is 10.6 Å². The molecule has 1 aliphatic rings. The summed E-state index contributed by atoms with van der Waals surface area (Å²) in [6.45, 7) is 4.48. The van der Waals surface area contributed by atoms with Crippen molar-refractivity contribution in [1.29, 1.82) is 0 Å². The van der Waals surface area contributed by atoms with Crippen LogP contribution in [0.25, 0.3) is 0 Å². The molecule has 4 nitrogen and oxygen atoms in total. The summed E-state index contributed by atoms with van der Waals surface area (Å²) in [4.78, 5) is 11.2. The van der Waals surface area contributed by atoms with Crippen LogP contribution in [-0.4, -0.2) is 30.6 Å². The molecule has 0 saturated heterocycles. The predicted molar refractivity (Wildman–Crippen MR) is 91.5 cm³/mol. The molecule has 7 heteroatoms. The van der Waals surface area contributed by atoms with E-state index in [1.165, 1.54) is 13.1 Å². The van der Waals surface area contributed by atoms with E-state index in [4.69, 9.17) is 0 Å². The summed E-state index contributed by atoms with van der Waals surface area (Å²) in [6.07, 6.45) is -1.70. The van der Waals surface area contributed by atoms with E-state index < -0.39 is 17.3 Å². The molecule has 2 rings (SSSR count). The number of carbonyl (C=O) groups excluding carboxylic acids is 1. The van der Waals surface area contributed by atoms with E-state index in [1.807, 2.05) is 13.8 Å². The minimum absolute atomic E-state index is 0.0314. The smallest absolute Gasteiger partial charge is 0.389 e. The van der Waals surface area contributed by atoms with Crippen LogP contribution in [0.1, 0.15) is 60.2 Å². The van der Waals surface area contributed by atoms with E-state index in [1.54, 1.807) is 0 Å². The van der Waals surface area contributed by atoms with Gasteiger partial charge in [0.1, 0.15) is 6.29 Å². The van der Waals surface area contributed by atoms with Crippen LogP contribution in [-0.2, 0) is 19.3 Å². The lowest BCUT2D eigenvalue weighted by Gasteiger charge is -2.36. The second kappa shape index (κ2) is 9.31. The molecule has 25 heavy (non-hydrogen) atoms. The second-order valence-electron chi connectivity index (χ2n) is 6.04. The molecule has 0 bridgehead atoms. The topological polar surface area (TPSA) is 61.4 Å². The quantitative estimate of drug-likeness (QED) is 0.653. The van der Waals surface area contributed by atoms with Crippen molar-refractivity contribution in [1.82, 2.24) is 10.6 Å². The van der Waals surface area contributed by atoms with Crippen molar-refractivity contribution in [3.63, 3.8) is 0 Å². The van der Waals surface area contributed by atoms with E-state index in [-0.39, 0.29) is 24.2 Å². The number of halogens is 3. The molecule has 3 N–H and O–H groups in total. The molecule has 0 unspecified atom stereocenters. The highest BCUT2D eigenvalue weighted by atomic mass is 19.4. The van der Waals surface area contributed by atoms with Crippen molar-refractivity contribution in [3.05, 3.63) is 34.4 Å². The lowest BCUT2D eigenvalue weighted by molar-refractivity contribution is -0.138. The van der Waals surface area contributed by atoms with Crippen molar-refractivity contribution >= 4 is 6.29 Å². The lowest BCUT2D eigenvalue weighted by Crippen LogP contribution is -2.46. The van der Waals surface area contributed by atoms with Gasteiger partial charge in [0.25, 0.3) is 0 Å². The van der Waals surface area contributed by atoms with E-state index >= 15 is 0 Å². The molecular weight excluding hydrogens is 333 g/mol. The van der Waals surface area contributed by atoms with E-state index in [9.17, 15) is 23.1 Å². The number of carbonyl (C=O) groups is 1. The van der Waals surface area contributed by atoms with Crippen LogP contribution in [0.5, 0.6) is 0 Å². The molecule has 0 aromatic heterocycles. The third kappa shape index (κ3) is 5.80. The van der Waals surface area contributed by atoms with Crippen LogP contribution >= 0.6 is 0 Å². The van der Waals surface area contributed by atoms with E-state index in [0.717, 1.165) is 12.5 Å². The Bertz CT molecular complexity index is 570. The van der Waals surface area contributed by atoms with Crippen molar-refractivity contribution < 1.29 is 23.1 Å². The number of aliphatic hydroxyl groups is 1. The van der Waals surface area contributed by atoms with Gasteiger partial charge in [-0.15, -0.1) is 0 Å². The average Bonchev–Trinajstić information content (AvgIpc) is 2.55. The molecule has 1 saturated carbocycles. The molecule has 1 fully saturated rings. The van der Waals surface area contributed by atoms with Crippen LogP contribution in [0.2, 0.25) is 0 Å². The van der Waals surface area contributed by atoms with Crippen molar-refractivity contribution in [3.8, 4) is 0 Å². The van der Waals surface area contributed by atoms with Crippen molar-refractivity contribution in [2.75, 3.05) is 13.6 Å². The largest absolute Gasteiger partial charge is 0.416 e. The first-order valence-corrected chi connectivity index (χ1v) is 8.55. The molecule has 0 amide bonds. The summed E-state index contributed by atoms with van der Waals surface area (Å²) < 4.78 is 39.7. The monoisotopic (exact) mass is 360 g/mol. The summed E-state index contributed by atoms with van der Waals surface area (Å²) in [5.41, 5.74) is -1.17. The summed E-state index contributed by atoms with van der Waals surface area (Å²) in [5.74, 6) is 0. The zero-order chi connectivity index (χ0) is 19.1. The fourth-order valence-corrected chi connectivity index (χ4v) is 2.79. The molecule has 0 radical (unpaired) electrons. The van der Waals surface area contributed by atoms with Gasteiger partial charge in [-0.3, -0.25) is 4.79 Å². The molecule has 1 aliphatic carbocycles. The fourth-order valence-electron chi connectivity index (χ4n) is 2.79. The van der Waals surface area contributed by atoms with Gasteiger partial charge >= 0.3 is 6.18 Å². The molecule has 142 valence electrons. The number of rotatable bonds is 7. The Morgan fingerprint density at radius 3 is 2.32 bits per heavy atom. The highest BCUT2D eigenvalue weighted by Gasteiger charge is 2.35. The van der Waals surface area contributed by atoms with Crippen LogP contribution < -0.4 is 10.6 Å². The zero-order valence-electron chi connectivity index (χ0n) is 15.0. The van der Waals surface area contributed by atoms with Gasteiger partial charge < -0.3 is 15.7 Å². The van der Waals surface area contributed by atoms with Crippen LogP contribution in [0.15, 0.2) is 12.1 Å². The van der Waals surface area contributed by atoms with Gasteiger partial charge in [-0.2, -0.15) is 13.2 Å². The molecule has 1 aromatic carbocycles. The minimum atomic E-state index is -4.52. The van der Waals surface area contributed by atoms with Gasteiger partial charge in [0.2, 0.25) is 0 Å². The first-order chi connectivity index (χ1) is 11.8. The third-order valence-electron chi connectivity index (χ3n) is 4.20. The SMILES string of the molecule is CC.CNCc1c(C=O)cc(CNCC2(O)CCC2)cc1C(F)(F)F. The minimum Gasteiger partial charge on any atom is -0.389 e. The van der Waals surface area contributed by atoms with Gasteiger partial charge in [-0.05, 0) is 49.6 Å². The molecule has 1 aromatic rings. The molecule has 0 atom stereocenters. The zero-order valence-corrected chi connectivity index (χ0v) is 15.0. The Hall–Kier alpha value is -1.44. The first kappa shape index (κ1) is 21.6. The summed E-state index contributed by atoms with van der Waals surface area (Å²) >= 11 is 0. The molecule has 0 aliphatic heterocycles. The van der Waals surface area contributed by atoms with Crippen LogP contribution in [0.4, 0.5) is 13.2 Å². The maximum Gasteiger partial charge on any atom is 0.416 e. The second-order valence-corrected chi connectivity index (χ2v) is 6.04. The fraction of sp³-hybridized carbons (Fsp3) is 0.611. The Labute approximate surface area is 146 Å². The van der Waals surface area contributed by atoms with Crippen LogP contribution in [0.3, 0.4) is 0 Å². The third-order valence-corrected chi connectivity index (χ3v) is 4.20. The number of hydrogen-bond donors (Lipinski definition) is 3. The standard InChI is InChI=1S/C16H21F3N2O2.C2H6/c1-20-8-13-12(9-22)5-11(6-14(13)16(17,18)19)7-21-10-15(23)3-2-4-15;1-2/h5-6,9,20-21,23H,2-4,7-8,10H2,1H3;1-2H3. The van der Waals surface area contributed by atoms with Gasteiger partial charge in [0.05, 0.1) is 11.2 Å². The normalized spacial score (nSPS) is 15.8. The van der Waals surface area contributed by atoms with Crippen molar-refractivity contribution in [2.45, 2.75) is 58.0 Å². The van der Waals surface area contributed by atoms with Gasteiger partial charge in [0, 0.05) is 25.2 Å². The number of hydrogen-bond acceptors (Lipinski definition) is 4. The molecular formula is C18H27F3N2O2. The number of benzene rings is 1. The Kier molecular flexibility index (Phi) is 8.05. The van der Waals surface area contributed by atoms with Crippen LogP contribution in [0, 0.1) is 0 Å². The highest BCUT2D eigenvalue weighted by Crippen LogP contribution is 2.34. The Morgan fingerprint density at radius 1 is 1.24 bits per heavy atom. The number of aldehydes is 1. The maximum absolute atomic E-state index is 13.2. The molecule has 0 heterocycles. The average molecular weight is 360 g/mol. The maximum atomic E-state index is 13.2. The number of alkyl halides is 3. The Balaban J connectivity index is 0.00000151. The molecule has 0 spiro atoms. The lowest BCUT2D eigenvalue weighted by atomic mass is 9.80. The summed E-state index contributed by atoms with van der Waals surface area (Å²) in [7, 11) is 1.53. The van der Waals surface area contributed by atoms with Gasteiger partial charge in [0.15, 0.2) is 0 Å². The van der Waals surface area contributed by atoms with Crippen molar-refractivity contribution in [2.24, 2.45) is 0 Å². The summed E-state index contributed by atoms with van der Waals surface area (Å²) in [6, 6.07) is 2.53. The first-order valence-electron chi connectivity index (χ1n) is 8.55. The summed E-state index contributed by atoms with van der Waals surface area (Å²) in [5, 5.41) is 15.6. The van der Waals surface area contributed by atoms with Gasteiger partial charge in [-0.25, -0.2) is 0 Å². The van der Waals surface area contributed by atoms with E-state index in [0.29, 0.717) is 31.2 Å². The number of nitrogens with one attached hydrogen (secondary N) is 2. The Morgan fingerprint density at radius 2 is 1.88 bits per heavy atom. The highest BCUT2D eigenvalue weighted by molar-refractivity contribution is 5.78.